The van der Waals surface area contributed by atoms with Crippen LogP contribution in [0.1, 0.15) is 10.5 Å². The molecule has 0 bridgehead atoms. The number of aromatic carboxylic acids is 1. The molecule has 2 rings (SSSR count). The molecule has 0 aliphatic carbocycles. The molecule has 0 atom stereocenters. The largest absolute Gasteiger partial charge is 0.476 e. The van der Waals surface area contributed by atoms with Gasteiger partial charge < -0.3 is 14.4 Å². The topological polar surface area (TPSA) is 66.6 Å². The number of aromatic nitrogens is 1. The molecular weight excluding hydrogens is 220 g/mol. The molecule has 88 valence electrons. The Morgan fingerprint density at radius 2 is 1.94 bits per heavy atom. The molecule has 1 aromatic carbocycles. The number of carboxylic acid groups (broad SMARTS) is 1. The lowest BCUT2D eigenvalue weighted by atomic mass is 10.1. The summed E-state index contributed by atoms with van der Waals surface area (Å²) in [4.78, 5) is 16.7. The van der Waals surface area contributed by atoms with E-state index in [4.69, 9.17) is 9.52 Å². The van der Waals surface area contributed by atoms with Crippen molar-refractivity contribution in [3.05, 3.63) is 36.0 Å². The highest BCUT2D eigenvalue weighted by Crippen LogP contribution is 2.27. The van der Waals surface area contributed by atoms with Crippen LogP contribution in [0, 0.1) is 0 Å². The summed E-state index contributed by atoms with van der Waals surface area (Å²) < 4.78 is 5.46. The van der Waals surface area contributed by atoms with Crippen LogP contribution in [-0.2, 0) is 0 Å². The summed E-state index contributed by atoms with van der Waals surface area (Å²) >= 11 is 0. The van der Waals surface area contributed by atoms with Crippen molar-refractivity contribution in [2.75, 3.05) is 19.0 Å². The SMILES string of the molecule is CN(C)c1nc(C(=O)O)c(-c2ccccc2)o1. The van der Waals surface area contributed by atoms with Gasteiger partial charge >= 0.3 is 5.97 Å². The van der Waals surface area contributed by atoms with Gasteiger partial charge in [0.2, 0.25) is 0 Å². The lowest BCUT2D eigenvalue weighted by Crippen LogP contribution is -2.09. The number of hydrogen-bond acceptors (Lipinski definition) is 4. The minimum Gasteiger partial charge on any atom is -0.476 e. The van der Waals surface area contributed by atoms with E-state index < -0.39 is 5.97 Å². The summed E-state index contributed by atoms with van der Waals surface area (Å²) in [5, 5.41) is 9.08. The molecule has 0 unspecified atom stereocenters. The van der Waals surface area contributed by atoms with Gasteiger partial charge in [-0.25, -0.2) is 4.79 Å². The molecule has 5 heteroatoms. The Morgan fingerprint density at radius 1 is 1.29 bits per heavy atom. The molecule has 0 radical (unpaired) electrons. The molecule has 0 aliphatic heterocycles. The predicted octanol–water partition coefficient (Wildman–Crippen LogP) is 2.11. The molecule has 0 saturated carbocycles. The first-order valence-electron chi connectivity index (χ1n) is 5.06. The fraction of sp³-hybridized carbons (Fsp3) is 0.167. The van der Waals surface area contributed by atoms with Crippen molar-refractivity contribution >= 4 is 12.0 Å². The molecule has 2 aromatic rings. The van der Waals surface area contributed by atoms with Crippen molar-refractivity contribution in [2.24, 2.45) is 0 Å². The van der Waals surface area contributed by atoms with Crippen LogP contribution in [0.15, 0.2) is 34.7 Å². The Bertz CT molecular complexity index is 532. The number of benzene rings is 1. The lowest BCUT2D eigenvalue weighted by molar-refractivity contribution is 0.0691. The van der Waals surface area contributed by atoms with E-state index in [0.717, 1.165) is 0 Å². The molecular formula is C12H12N2O3. The van der Waals surface area contributed by atoms with Crippen molar-refractivity contribution in [3.8, 4) is 11.3 Å². The Morgan fingerprint density at radius 3 is 2.47 bits per heavy atom. The van der Waals surface area contributed by atoms with Crippen LogP contribution in [0.4, 0.5) is 6.01 Å². The molecule has 1 N–H and O–H groups in total. The quantitative estimate of drug-likeness (QED) is 0.877. The second-order valence-corrected chi connectivity index (χ2v) is 3.74. The van der Waals surface area contributed by atoms with Gasteiger partial charge in [0.1, 0.15) is 0 Å². The summed E-state index contributed by atoms with van der Waals surface area (Å²) in [6, 6.07) is 9.34. The Kier molecular flexibility index (Phi) is 2.82. The zero-order valence-corrected chi connectivity index (χ0v) is 9.54. The van der Waals surface area contributed by atoms with Gasteiger partial charge in [-0.2, -0.15) is 4.98 Å². The van der Waals surface area contributed by atoms with Gasteiger partial charge in [-0.3, -0.25) is 0 Å². The van der Waals surface area contributed by atoms with E-state index in [0.29, 0.717) is 5.56 Å². The van der Waals surface area contributed by atoms with E-state index in [9.17, 15) is 4.79 Å². The van der Waals surface area contributed by atoms with Gasteiger partial charge in [0.25, 0.3) is 6.01 Å². The third kappa shape index (κ3) is 2.13. The van der Waals surface area contributed by atoms with Crippen molar-refractivity contribution in [3.63, 3.8) is 0 Å². The third-order valence-corrected chi connectivity index (χ3v) is 2.24. The summed E-state index contributed by atoms with van der Waals surface area (Å²) in [5.41, 5.74) is 0.630. The van der Waals surface area contributed by atoms with Crippen molar-refractivity contribution < 1.29 is 14.3 Å². The first-order chi connectivity index (χ1) is 8.09. The number of oxazole rings is 1. The average Bonchev–Trinajstić information content (AvgIpc) is 2.75. The van der Waals surface area contributed by atoms with Crippen molar-refractivity contribution in [2.45, 2.75) is 0 Å². The van der Waals surface area contributed by atoms with Crippen molar-refractivity contribution in [1.82, 2.24) is 4.98 Å². The summed E-state index contributed by atoms with van der Waals surface area (Å²) in [6.45, 7) is 0. The second-order valence-electron chi connectivity index (χ2n) is 3.74. The standard InChI is InChI=1S/C12H12N2O3/c1-14(2)12-13-9(11(15)16)10(17-12)8-6-4-3-5-7-8/h3-7H,1-2H3,(H,15,16). The highest BCUT2D eigenvalue weighted by Gasteiger charge is 2.21. The predicted molar refractivity (Wildman–Crippen MR) is 63.2 cm³/mol. The van der Waals surface area contributed by atoms with E-state index in [1.54, 1.807) is 31.1 Å². The van der Waals surface area contributed by atoms with Gasteiger partial charge in [-0.1, -0.05) is 30.3 Å². The molecule has 0 saturated heterocycles. The Labute approximate surface area is 98.3 Å². The number of hydrogen-bond donors (Lipinski definition) is 1. The maximum atomic E-state index is 11.1. The van der Waals surface area contributed by atoms with Gasteiger partial charge in [-0.15, -0.1) is 0 Å². The van der Waals surface area contributed by atoms with Crippen LogP contribution in [0.5, 0.6) is 0 Å². The third-order valence-electron chi connectivity index (χ3n) is 2.24. The van der Waals surface area contributed by atoms with E-state index in [1.165, 1.54) is 0 Å². The zero-order chi connectivity index (χ0) is 12.4. The molecule has 5 nitrogen and oxygen atoms in total. The molecule has 0 aliphatic rings. The number of rotatable bonds is 3. The van der Waals surface area contributed by atoms with E-state index >= 15 is 0 Å². The van der Waals surface area contributed by atoms with Gasteiger partial charge in [0.15, 0.2) is 11.5 Å². The maximum Gasteiger partial charge on any atom is 0.358 e. The number of nitrogens with zero attached hydrogens (tertiary/aromatic N) is 2. The normalized spacial score (nSPS) is 10.2. The first kappa shape index (κ1) is 11.2. The minimum absolute atomic E-state index is 0.0695. The summed E-state index contributed by atoms with van der Waals surface area (Å²) in [5.74, 6) is -0.817. The Hall–Kier alpha value is -2.30. The fourth-order valence-electron chi connectivity index (χ4n) is 1.43. The van der Waals surface area contributed by atoms with Crippen LogP contribution in [0.25, 0.3) is 11.3 Å². The highest BCUT2D eigenvalue weighted by molar-refractivity contribution is 5.92. The molecule has 0 amide bonds. The van der Waals surface area contributed by atoms with E-state index in [-0.39, 0.29) is 17.5 Å². The maximum absolute atomic E-state index is 11.1. The average molecular weight is 232 g/mol. The van der Waals surface area contributed by atoms with Gasteiger partial charge in [0.05, 0.1) is 0 Å². The van der Waals surface area contributed by atoms with Crippen LogP contribution in [-0.4, -0.2) is 30.2 Å². The van der Waals surface area contributed by atoms with Crippen LogP contribution >= 0.6 is 0 Å². The molecule has 17 heavy (non-hydrogen) atoms. The number of carbonyl (C=O) groups is 1. The monoisotopic (exact) mass is 232 g/mol. The second kappa shape index (κ2) is 4.29. The van der Waals surface area contributed by atoms with E-state index in [2.05, 4.69) is 4.98 Å². The molecule has 1 aromatic heterocycles. The number of anilines is 1. The van der Waals surface area contributed by atoms with Crippen LogP contribution < -0.4 is 4.90 Å². The van der Waals surface area contributed by atoms with Crippen LogP contribution in [0.2, 0.25) is 0 Å². The Balaban J connectivity index is 2.56. The van der Waals surface area contributed by atoms with Gasteiger partial charge in [-0.05, 0) is 0 Å². The smallest absolute Gasteiger partial charge is 0.358 e. The zero-order valence-electron chi connectivity index (χ0n) is 9.54. The first-order valence-corrected chi connectivity index (χ1v) is 5.06. The molecule has 0 spiro atoms. The lowest BCUT2D eigenvalue weighted by Gasteiger charge is -2.04. The van der Waals surface area contributed by atoms with Crippen LogP contribution in [0.3, 0.4) is 0 Å². The van der Waals surface area contributed by atoms with E-state index in [1.807, 2.05) is 18.2 Å². The highest BCUT2D eigenvalue weighted by atomic mass is 16.4. The summed E-state index contributed by atoms with van der Waals surface area (Å²) in [7, 11) is 3.48. The molecule has 1 heterocycles. The van der Waals surface area contributed by atoms with Crippen molar-refractivity contribution in [1.29, 1.82) is 0 Å². The number of carboxylic acids is 1. The fourth-order valence-corrected chi connectivity index (χ4v) is 1.43. The molecule has 0 fully saturated rings. The minimum atomic E-state index is -1.10. The van der Waals surface area contributed by atoms with Gasteiger partial charge in [0, 0.05) is 19.7 Å². The summed E-state index contributed by atoms with van der Waals surface area (Å²) in [6.07, 6.45) is 0.